The van der Waals surface area contributed by atoms with Gasteiger partial charge in [-0.1, -0.05) is 24.3 Å². The van der Waals surface area contributed by atoms with Crippen LogP contribution in [0.4, 0.5) is 5.95 Å². The molecule has 3 fully saturated rings. The van der Waals surface area contributed by atoms with Gasteiger partial charge in [0, 0.05) is 55.6 Å². The molecule has 9 heteroatoms. The van der Waals surface area contributed by atoms with Crippen LogP contribution in [0.25, 0.3) is 16.7 Å². The summed E-state index contributed by atoms with van der Waals surface area (Å²) in [7, 11) is 0. The number of fused-ring (bicyclic) bond motifs is 1. The Balaban J connectivity index is 1.30. The summed E-state index contributed by atoms with van der Waals surface area (Å²) in [4.78, 5) is 26.7. The van der Waals surface area contributed by atoms with Crippen molar-refractivity contribution in [2.75, 3.05) is 45.1 Å². The van der Waals surface area contributed by atoms with Crippen molar-refractivity contribution in [1.29, 1.82) is 0 Å². The van der Waals surface area contributed by atoms with Gasteiger partial charge in [0.05, 0.1) is 24.3 Å². The van der Waals surface area contributed by atoms with E-state index >= 15 is 0 Å². The summed E-state index contributed by atoms with van der Waals surface area (Å²) >= 11 is 0. The SMILES string of the molecule is Nc1nccc(-n2cc(C(=O)N3CCC(N4CCOCC4)CC3)c3ccc(C#CC4(O)CCCCC4)cc32)n1. The van der Waals surface area contributed by atoms with Gasteiger partial charge in [-0.2, -0.15) is 4.98 Å². The van der Waals surface area contributed by atoms with Crippen LogP contribution < -0.4 is 5.73 Å². The highest BCUT2D eigenvalue weighted by Crippen LogP contribution is 2.30. The number of hydrogen-bond acceptors (Lipinski definition) is 7. The van der Waals surface area contributed by atoms with E-state index in [0.717, 1.165) is 88.0 Å². The fourth-order valence-corrected chi connectivity index (χ4v) is 6.16. The van der Waals surface area contributed by atoms with Crippen molar-refractivity contribution < 1.29 is 14.6 Å². The Bertz CT molecular complexity index is 1400. The third kappa shape index (κ3) is 5.50. The van der Waals surface area contributed by atoms with E-state index in [2.05, 4.69) is 26.7 Å². The minimum absolute atomic E-state index is 0.0246. The highest BCUT2D eigenvalue weighted by atomic mass is 16.5. The Morgan fingerprint density at radius 3 is 2.59 bits per heavy atom. The zero-order valence-electron chi connectivity index (χ0n) is 22.3. The number of rotatable bonds is 3. The van der Waals surface area contributed by atoms with Crippen LogP contribution in [0.2, 0.25) is 0 Å². The third-order valence-electron chi connectivity index (χ3n) is 8.38. The molecule has 2 aromatic heterocycles. The fraction of sp³-hybridized carbons (Fsp3) is 0.500. The second kappa shape index (κ2) is 11.0. The van der Waals surface area contributed by atoms with Crippen LogP contribution in [0.5, 0.6) is 0 Å². The van der Waals surface area contributed by atoms with E-state index in [1.165, 1.54) is 0 Å². The van der Waals surface area contributed by atoms with Crippen LogP contribution in [0, 0.1) is 11.8 Å². The van der Waals surface area contributed by atoms with E-state index in [9.17, 15) is 9.90 Å². The maximum atomic E-state index is 13.8. The third-order valence-corrected chi connectivity index (χ3v) is 8.38. The van der Waals surface area contributed by atoms with Gasteiger partial charge < -0.3 is 25.0 Å². The van der Waals surface area contributed by atoms with E-state index in [-0.39, 0.29) is 11.9 Å². The van der Waals surface area contributed by atoms with Crippen molar-refractivity contribution >= 4 is 22.8 Å². The van der Waals surface area contributed by atoms with Crippen LogP contribution >= 0.6 is 0 Å². The Morgan fingerprint density at radius 1 is 1.08 bits per heavy atom. The number of ether oxygens (including phenoxy) is 1. The second-order valence-electron chi connectivity index (χ2n) is 10.9. The summed E-state index contributed by atoms with van der Waals surface area (Å²) in [5, 5.41) is 11.7. The predicted molar refractivity (Wildman–Crippen MR) is 150 cm³/mol. The average molecular weight is 529 g/mol. The Morgan fingerprint density at radius 2 is 1.85 bits per heavy atom. The first-order valence-electron chi connectivity index (χ1n) is 14.1. The molecule has 0 spiro atoms. The normalized spacial score (nSPS) is 20.5. The number of anilines is 1. The molecule has 3 aromatic rings. The number of morpholine rings is 1. The molecule has 3 N–H and O–H groups in total. The average Bonchev–Trinajstić information content (AvgIpc) is 3.36. The summed E-state index contributed by atoms with van der Waals surface area (Å²) < 4.78 is 7.40. The maximum Gasteiger partial charge on any atom is 0.256 e. The number of nitrogens with zero attached hydrogens (tertiary/aromatic N) is 5. The quantitative estimate of drug-likeness (QED) is 0.503. The summed E-state index contributed by atoms with van der Waals surface area (Å²) in [6, 6.07) is 8.14. The standard InChI is InChI=1S/C30H36N6O3/c31-29-32-13-7-27(33-29)36-21-25(28(37)35-14-8-23(9-15-35)34-16-18-39-19-17-34)24-5-4-22(20-26(24)36)6-12-30(38)10-2-1-3-11-30/h4-5,7,13,20-21,23,38H,1-3,8-11,14-19H2,(H2,31,32,33). The van der Waals surface area contributed by atoms with E-state index in [4.69, 9.17) is 10.5 Å². The minimum atomic E-state index is -0.926. The summed E-state index contributed by atoms with van der Waals surface area (Å²) in [6.07, 6.45) is 9.96. The molecule has 39 heavy (non-hydrogen) atoms. The van der Waals surface area contributed by atoms with Crippen molar-refractivity contribution in [2.24, 2.45) is 0 Å². The van der Waals surface area contributed by atoms with Gasteiger partial charge in [0.15, 0.2) is 0 Å². The molecule has 0 unspecified atom stereocenters. The van der Waals surface area contributed by atoms with Crippen molar-refractivity contribution in [3.8, 4) is 17.7 Å². The lowest BCUT2D eigenvalue weighted by Crippen LogP contribution is -2.50. The molecule has 2 saturated heterocycles. The highest BCUT2D eigenvalue weighted by molar-refractivity contribution is 6.07. The number of hydrogen-bond donors (Lipinski definition) is 2. The highest BCUT2D eigenvalue weighted by Gasteiger charge is 2.30. The maximum absolute atomic E-state index is 13.8. The van der Waals surface area contributed by atoms with E-state index in [0.29, 0.717) is 30.3 Å². The number of benzene rings is 1. The van der Waals surface area contributed by atoms with E-state index in [1.54, 1.807) is 12.3 Å². The molecule has 6 rings (SSSR count). The van der Waals surface area contributed by atoms with Gasteiger partial charge in [-0.25, -0.2) is 4.98 Å². The van der Waals surface area contributed by atoms with Crippen molar-refractivity contribution in [1.82, 2.24) is 24.3 Å². The van der Waals surface area contributed by atoms with Gasteiger partial charge in [0.25, 0.3) is 5.91 Å². The van der Waals surface area contributed by atoms with Gasteiger partial charge >= 0.3 is 0 Å². The van der Waals surface area contributed by atoms with Crippen LogP contribution in [0.3, 0.4) is 0 Å². The summed E-state index contributed by atoms with van der Waals surface area (Å²) in [6.45, 7) is 4.98. The number of nitrogens with two attached hydrogens (primary N) is 1. The van der Waals surface area contributed by atoms with Crippen LogP contribution in [0.1, 0.15) is 60.9 Å². The zero-order valence-corrected chi connectivity index (χ0v) is 22.3. The lowest BCUT2D eigenvalue weighted by Gasteiger charge is -2.40. The van der Waals surface area contributed by atoms with Crippen LogP contribution in [0.15, 0.2) is 36.7 Å². The molecule has 204 valence electrons. The number of carbonyl (C=O) groups excluding carboxylic acids is 1. The minimum Gasteiger partial charge on any atom is -0.379 e. The molecule has 1 saturated carbocycles. The smallest absolute Gasteiger partial charge is 0.256 e. The van der Waals surface area contributed by atoms with E-state index < -0.39 is 5.60 Å². The Kier molecular flexibility index (Phi) is 7.26. The summed E-state index contributed by atoms with van der Waals surface area (Å²) in [5.41, 5.74) is 7.22. The van der Waals surface area contributed by atoms with Gasteiger partial charge in [-0.15, -0.1) is 0 Å². The van der Waals surface area contributed by atoms with Crippen molar-refractivity contribution in [3.63, 3.8) is 0 Å². The molecule has 4 heterocycles. The molecular formula is C30H36N6O3. The molecule has 3 aliphatic rings. The van der Waals surface area contributed by atoms with Gasteiger partial charge in [-0.05, 0) is 56.7 Å². The molecule has 1 amide bonds. The molecule has 2 aliphatic heterocycles. The van der Waals surface area contributed by atoms with Crippen LogP contribution in [-0.4, -0.2) is 86.4 Å². The number of piperidine rings is 1. The number of nitrogen functional groups attached to an aromatic ring is 1. The first-order chi connectivity index (χ1) is 19.0. The number of amides is 1. The zero-order chi connectivity index (χ0) is 26.8. The summed E-state index contributed by atoms with van der Waals surface area (Å²) in [5.74, 6) is 7.10. The molecule has 0 bridgehead atoms. The number of aliphatic hydroxyl groups is 1. The largest absolute Gasteiger partial charge is 0.379 e. The molecule has 1 aromatic carbocycles. The number of likely N-dealkylation sites (tertiary alicyclic amines) is 1. The lowest BCUT2D eigenvalue weighted by molar-refractivity contribution is 0.00161. The monoisotopic (exact) mass is 528 g/mol. The Hall–Kier alpha value is -3.45. The second-order valence-corrected chi connectivity index (χ2v) is 10.9. The van der Waals surface area contributed by atoms with Gasteiger partial charge in [0.1, 0.15) is 11.4 Å². The van der Waals surface area contributed by atoms with Gasteiger partial charge in [-0.3, -0.25) is 9.69 Å². The molecule has 1 aliphatic carbocycles. The van der Waals surface area contributed by atoms with Crippen molar-refractivity contribution in [3.05, 3.63) is 47.8 Å². The molecule has 9 nitrogen and oxygen atoms in total. The number of aromatic nitrogens is 3. The topological polar surface area (TPSA) is 110 Å². The van der Waals surface area contributed by atoms with Gasteiger partial charge in [0.2, 0.25) is 5.95 Å². The lowest BCUT2D eigenvalue weighted by atomic mass is 9.85. The fourth-order valence-electron chi connectivity index (χ4n) is 6.16. The molecule has 0 atom stereocenters. The van der Waals surface area contributed by atoms with Crippen molar-refractivity contribution in [2.45, 2.75) is 56.6 Å². The Labute approximate surface area is 229 Å². The van der Waals surface area contributed by atoms with E-state index in [1.807, 2.05) is 33.9 Å². The first kappa shape index (κ1) is 25.8. The molecule has 0 radical (unpaired) electrons. The number of carbonyl (C=O) groups is 1. The first-order valence-corrected chi connectivity index (χ1v) is 14.1. The molecular weight excluding hydrogens is 492 g/mol. The predicted octanol–water partition coefficient (Wildman–Crippen LogP) is 2.99. The van der Waals surface area contributed by atoms with Crippen LogP contribution in [-0.2, 0) is 4.74 Å².